The maximum absolute atomic E-state index is 12.4. The monoisotopic (exact) mass is 740 g/mol. The molecule has 1 aromatic carbocycles. The van der Waals surface area contributed by atoms with Crippen LogP contribution in [0.15, 0.2) is 35.5 Å². The predicted octanol–water partition coefficient (Wildman–Crippen LogP) is -0.0817. The van der Waals surface area contributed by atoms with E-state index in [9.17, 15) is 36.6 Å². The molecular weight excluding hydrogens is 705 g/mol. The van der Waals surface area contributed by atoms with Crippen molar-refractivity contribution in [1.82, 2.24) is 49.5 Å². The molecule has 5 atom stereocenters. The molecule has 0 bridgehead atoms. The number of aryl methyl sites for hydroxylation is 1. The minimum atomic E-state index is -5.37. The third-order valence-electron chi connectivity index (χ3n) is 8.52. The van der Waals surface area contributed by atoms with Gasteiger partial charge in [0.15, 0.2) is 29.3 Å². The van der Waals surface area contributed by atoms with Gasteiger partial charge in [0.1, 0.15) is 12.2 Å². The summed E-state index contributed by atoms with van der Waals surface area (Å²) in [6.45, 7) is 3.91. The number of nitrogens with one attached hydrogen (secondary N) is 2. The number of alkyl halides is 3. The zero-order valence-electron chi connectivity index (χ0n) is 27.5. The number of sulfonamides is 1. The lowest BCUT2D eigenvalue weighted by molar-refractivity contribution is -0.203. The number of rotatable bonds is 12. The van der Waals surface area contributed by atoms with Crippen LogP contribution in [0.1, 0.15) is 37.1 Å². The lowest BCUT2D eigenvalue weighted by Crippen LogP contribution is -2.34. The van der Waals surface area contributed by atoms with E-state index in [1.807, 2.05) is 25.9 Å². The van der Waals surface area contributed by atoms with Gasteiger partial charge < -0.3 is 34.9 Å². The number of tetrazole rings is 1. The van der Waals surface area contributed by atoms with Gasteiger partial charge in [-0.15, -0.1) is 10.2 Å². The fourth-order valence-electron chi connectivity index (χ4n) is 5.67. The first-order valence-corrected chi connectivity index (χ1v) is 17.2. The number of aromatic nitrogens is 8. The van der Waals surface area contributed by atoms with Crippen molar-refractivity contribution >= 4 is 38.9 Å². The van der Waals surface area contributed by atoms with Gasteiger partial charge in [-0.05, 0) is 61.7 Å². The number of nitrogens with zero attached hydrogens (tertiary/aromatic N) is 10. The van der Waals surface area contributed by atoms with Crippen LogP contribution in [0.3, 0.4) is 0 Å². The molecule has 2 aliphatic rings. The Bertz CT molecular complexity index is 1980. The predicted molar refractivity (Wildman–Crippen MR) is 169 cm³/mol. The molecule has 6 rings (SSSR count). The minimum Gasteiger partial charge on any atom is -0.387 e. The van der Waals surface area contributed by atoms with Crippen LogP contribution in [-0.4, -0.2) is 127 Å². The first-order chi connectivity index (χ1) is 24.2. The Morgan fingerprint density at radius 3 is 2.55 bits per heavy atom. The highest BCUT2D eigenvalue weighted by molar-refractivity contribution is 7.89. The van der Waals surface area contributed by atoms with E-state index in [-0.39, 0.29) is 18.4 Å². The van der Waals surface area contributed by atoms with E-state index in [1.54, 1.807) is 0 Å². The molecule has 0 amide bonds. The first-order valence-electron chi connectivity index (χ1n) is 15.7. The lowest BCUT2D eigenvalue weighted by Gasteiger charge is -2.21. The Balaban J connectivity index is 1.21. The summed E-state index contributed by atoms with van der Waals surface area (Å²) in [4.78, 5) is 34.9. The molecule has 3 aromatic heterocycles. The van der Waals surface area contributed by atoms with E-state index in [0.717, 1.165) is 18.6 Å². The van der Waals surface area contributed by atoms with Gasteiger partial charge in [0.25, 0.3) is 10.0 Å². The summed E-state index contributed by atoms with van der Waals surface area (Å²) in [5.74, 6) is -1.81. The maximum atomic E-state index is 12.4. The maximum Gasteiger partial charge on any atom is 0.492 e. The van der Waals surface area contributed by atoms with Crippen LogP contribution < -0.4 is 15.1 Å². The number of benzene rings is 1. The van der Waals surface area contributed by atoms with Crippen molar-refractivity contribution in [2.24, 2.45) is 0 Å². The van der Waals surface area contributed by atoms with Crippen LogP contribution in [0.2, 0.25) is 0 Å². The van der Waals surface area contributed by atoms with Crippen LogP contribution >= 0.6 is 0 Å². The number of imidazole rings is 1. The fraction of sp³-hybridized carbons (Fsp3) is 0.536. The average molecular weight is 741 g/mol. The quantitative estimate of drug-likeness (QED) is 0.139. The SMILES string of the molecule is CCn1nnc([C@H]2O[C@@H](n3cnc4c(NCCc5ccc(S(=O)(=O)NOC(=O)C(F)(F)F)cc5)nc(N5CC[C@@H](N(C)C)C5)nc43)[C@H](O)[C@@H]2O)n1. The van der Waals surface area contributed by atoms with Gasteiger partial charge in [-0.1, -0.05) is 12.1 Å². The number of fused-ring (bicyclic) bond motifs is 1. The number of likely N-dealkylation sites (N-methyl/N-ethyl adjacent to an activating group) is 1. The first kappa shape index (κ1) is 36.2. The molecular formula is C28H35F3N12O7S. The molecule has 0 radical (unpaired) electrons. The number of aliphatic hydroxyl groups excluding tert-OH is 2. The molecule has 276 valence electrons. The van der Waals surface area contributed by atoms with E-state index in [0.29, 0.717) is 54.5 Å². The van der Waals surface area contributed by atoms with Crippen molar-refractivity contribution in [3.05, 3.63) is 42.0 Å². The zero-order chi connectivity index (χ0) is 36.7. The molecule has 23 heteroatoms. The Morgan fingerprint density at radius 1 is 1.16 bits per heavy atom. The number of carbonyl (C=O) groups is 1. The zero-order valence-corrected chi connectivity index (χ0v) is 28.3. The molecule has 0 aliphatic carbocycles. The summed E-state index contributed by atoms with van der Waals surface area (Å²) < 4.78 is 69.3. The van der Waals surface area contributed by atoms with Crippen LogP contribution in [-0.2, 0) is 37.4 Å². The Labute approximate surface area is 288 Å². The van der Waals surface area contributed by atoms with Gasteiger partial charge >= 0.3 is 12.1 Å². The standard InChI is InChI=1S/C28H35F3N12O7S/c1-4-43-37-23(36-38-43)21-19(44)20(45)25(49-21)42-14-33-18-22(34-27(35-24(18)42)41-12-10-16(13-41)40(2)3)32-11-9-15-5-7-17(8-6-15)51(47,48)39-50-26(46)28(29,30)31/h5-8,14,16,19-21,25,39,44-45H,4,9-13H2,1-3H3,(H,32,34,35)/t16-,19+,20-,21+,25-/m1/s1. The molecule has 0 saturated carbocycles. The number of anilines is 2. The van der Waals surface area contributed by atoms with Crippen molar-refractivity contribution in [3.63, 3.8) is 0 Å². The van der Waals surface area contributed by atoms with Crippen LogP contribution in [0.5, 0.6) is 0 Å². The molecule has 2 aliphatic heterocycles. The number of hydrogen-bond acceptors (Lipinski definition) is 16. The molecule has 2 saturated heterocycles. The number of ether oxygens (including phenoxy) is 1. The number of carbonyl (C=O) groups excluding carboxylic acids is 1. The Kier molecular flexibility index (Phi) is 10.1. The van der Waals surface area contributed by atoms with Crippen LogP contribution in [0.25, 0.3) is 11.2 Å². The molecule has 0 spiro atoms. The van der Waals surface area contributed by atoms with Crippen molar-refractivity contribution in [2.75, 3.05) is 43.9 Å². The van der Waals surface area contributed by atoms with Crippen LogP contribution in [0, 0.1) is 0 Å². The number of hydrogen-bond donors (Lipinski definition) is 4. The molecule has 0 unspecified atom stereocenters. The molecule has 19 nitrogen and oxygen atoms in total. The molecule has 4 N–H and O–H groups in total. The summed E-state index contributed by atoms with van der Waals surface area (Å²) in [6.07, 6.45) is -7.63. The third-order valence-corrected chi connectivity index (χ3v) is 9.72. The molecule has 51 heavy (non-hydrogen) atoms. The highest BCUT2D eigenvalue weighted by Crippen LogP contribution is 2.39. The topological polar surface area (TPSA) is 228 Å². The summed E-state index contributed by atoms with van der Waals surface area (Å²) in [5, 5.41) is 37.3. The van der Waals surface area contributed by atoms with Gasteiger partial charge in [-0.2, -0.15) is 27.9 Å². The van der Waals surface area contributed by atoms with E-state index in [4.69, 9.17) is 14.7 Å². The average Bonchev–Trinajstić information content (AvgIpc) is 3.90. The summed E-state index contributed by atoms with van der Waals surface area (Å²) in [6, 6.07) is 5.49. The van der Waals surface area contributed by atoms with E-state index in [2.05, 4.69) is 35.4 Å². The van der Waals surface area contributed by atoms with Crippen LogP contribution in [0.4, 0.5) is 24.9 Å². The minimum absolute atomic E-state index is 0.117. The smallest absolute Gasteiger partial charge is 0.387 e. The second kappa shape index (κ2) is 14.2. The van der Waals surface area contributed by atoms with Gasteiger partial charge in [-0.25, -0.2) is 18.2 Å². The number of halogens is 3. The van der Waals surface area contributed by atoms with Gasteiger partial charge in [0, 0.05) is 25.7 Å². The van der Waals surface area contributed by atoms with Crippen molar-refractivity contribution in [1.29, 1.82) is 0 Å². The second-order valence-corrected chi connectivity index (χ2v) is 13.8. The van der Waals surface area contributed by atoms with Gasteiger partial charge in [-0.3, -0.25) is 4.57 Å². The molecule has 4 aromatic rings. The van der Waals surface area contributed by atoms with E-state index < -0.39 is 51.6 Å². The molecule has 5 heterocycles. The van der Waals surface area contributed by atoms with Crippen molar-refractivity contribution in [2.45, 2.75) is 68.0 Å². The number of aliphatic hydroxyl groups is 2. The highest BCUT2D eigenvalue weighted by Gasteiger charge is 2.47. The summed E-state index contributed by atoms with van der Waals surface area (Å²) >= 11 is 0. The Hall–Kier alpha value is -4.55. The van der Waals surface area contributed by atoms with Crippen molar-refractivity contribution < 1.29 is 46.2 Å². The second-order valence-electron chi connectivity index (χ2n) is 12.1. The van der Waals surface area contributed by atoms with E-state index in [1.165, 1.54) is 32.7 Å². The third kappa shape index (κ3) is 7.57. The van der Waals surface area contributed by atoms with E-state index >= 15 is 0 Å². The van der Waals surface area contributed by atoms with Gasteiger partial charge in [0.05, 0.1) is 17.8 Å². The largest absolute Gasteiger partial charge is 0.492 e. The summed E-state index contributed by atoms with van der Waals surface area (Å²) in [5.41, 5.74) is 1.34. The van der Waals surface area contributed by atoms with Gasteiger partial charge in [0.2, 0.25) is 11.8 Å². The Morgan fingerprint density at radius 2 is 1.90 bits per heavy atom. The highest BCUT2D eigenvalue weighted by atomic mass is 32.2. The van der Waals surface area contributed by atoms with Crippen molar-refractivity contribution in [3.8, 4) is 0 Å². The summed E-state index contributed by atoms with van der Waals surface area (Å²) in [7, 11) is -0.581. The lowest BCUT2D eigenvalue weighted by atomic mass is 10.1. The molecule has 2 fully saturated rings. The normalized spacial score (nSPS) is 22.7. The fourth-order valence-corrected chi connectivity index (χ4v) is 6.44.